The molecule has 1 rings (SSSR count). The van der Waals surface area contributed by atoms with Crippen molar-refractivity contribution in [2.45, 2.75) is 52.6 Å². The third-order valence-electron chi connectivity index (χ3n) is 4.08. The molecule has 21 heavy (non-hydrogen) atoms. The fraction of sp³-hybridized carbons (Fsp3) is 0.750. The minimum absolute atomic E-state index is 0.140. The molecular weight excluding hydrogens is 268 g/mol. The van der Waals surface area contributed by atoms with Gasteiger partial charge in [0.25, 0.3) is 0 Å². The van der Waals surface area contributed by atoms with Gasteiger partial charge in [-0.1, -0.05) is 12.2 Å². The van der Waals surface area contributed by atoms with Crippen molar-refractivity contribution in [3.63, 3.8) is 0 Å². The van der Waals surface area contributed by atoms with Crippen LogP contribution in [0.2, 0.25) is 0 Å². The lowest BCUT2D eigenvalue weighted by Crippen LogP contribution is -2.45. The molecule has 0 aromatic heterocycles. The molecule has 5 nitrogen and oxygen atoms in total. The molecule has 0 unspecified atom stereocenters. The molecule has 2 N–H and O–H groups in total. The molecule has 0 aliphatic heterocycles. The third kappa shape index (κ3) is 5.16. The highest BCUT2D eigenvalue weighted by Gasteiger charge is 2.33. The maximum Gasteiger partial charge on any atom is 0.307 e. The molecule has 0 fully saturated rings. The van der Waals surface area contributed by atoms with Crippen LogP contribution < -0.4 is 5.32 Å². The Bertz CT molecular complexity index is 383. The lowest BCUT2D eigenvalue weighted by molar-refractivity contribution is -0.147. The van der Waals surface area contributed by atoms with Crippen LogP contribution in [0, 0.1) is 11.8 Å². The predicted molar refractivity (Wildman–Crippen MR) is 83.0 cm³/mol. The quantitative estimate of drug-likeness (QED) is 0.704. The number of nitrogens with zero attached hydrogens (tertiary/aromatic N) is 1. The highest BCUT2D eigenvalue weighted by atomic mass is 16.4. The Morgan fingerprint density at radius 1 is 1.14 bits per heavy atom. The monoisotopic (exact) mass is 296 g/mol. The van der Waals surface area contributed by atoms with Gasteiger partial charge in [0.15, 0.2) is 0 Å². The number of amides is 1. The van der Waals surface area contributed by atoms with Crippen molar-refractivity contribution < 1.29 is 14.7 Å². The van der Waals surface area contributed by atoms with Crippen molar-refractivity contribution in [2.75, 3.05) is 13.1 Å². The number of allylic oxidation sites excluding steroid dienone is 2. The van der Waals surface area contributed by atoms with Crippen molar-refractivity contribution in [2.24, 2.45) is 11.8 Å². The van der Waals surface area contributed by atoms with Crippen molar-refractivity contribution in [1.82, 2.24) is 10.2 Å². The van der Waals surface area contributed by atoms with E-state index in [-0.39, 0.29) is 5.91 Å². The number of hydrogen-bond acceptors (Lipinski definition) is 3. The normalized spacial score (nSPS) is 22.0. The molecule has 0 radical (unpaired) electrons. The molecule has 0 aromatic carbocycles. The van der Waals surface area contributed by atoms with Gasteiger partial charge in [-0.25, -0.2) is 0 Å². The number of carbonyl (C=O) groups is 2. The largest absolute Gasteiger partial charge is 0.481 e. The molecule has 120 valence electrons. The Labute approximate surface area is 127 Å². The summed E-state index contributed by atoms with van der Waals surface area (Å²) >= 11 is 0. The second-order valence-corrected chi connectivity index (χ2v) is 6.21. The first kappa shape index (κ1) is 17.7. The zero-order valence-corrected chi connectivity index (χ0v) is 13.5. The van der Waals surface area contributed by atoms with Crippen molar-refractivity contribution in [1.29, 1.82) is 0 Å². The van der Waals surface area contributed by atoms with Crippen LogP contribution in [0.15, 0.2) is 12.2 Å². The molecule has 0 spiro atoms. The van der Waals surface area contributed by atoms with E-state index in [4.69, 9.17) is 0 Å². The Morgan fingerprint density at radius 2 is 1.67 bits per heavy atom. The standard InChI is InChI=1S/C16H28N2O3/c1-11(2)18(12(3)4)10-9-17-15(19)13-7-5-6-8-14(13)16(20)21/h5-6,11-14H,7-10H2,1-4H3,(H,17,19)(H,20,21)/t13-,14+/m1/s1. The van der Waals surface area contributed by atoms with Crippen LogP contribution in [-0.2, 0) is 9.59 Å². The van der Waals surface area contributed by atoms with Crippen LogP contribution >= 0.6 is 0 Å². The first-order chi connectivity index (χ1) is 9.84. The number of hydrogen-bond donors (Lipinski definition) is 2. The zero-order chi connectivity index (χ0) is 16.0. The minimum atomic E-state index is -0.884. The van der Waals surface area contributed by atoms with E-state index in [0.29, 0.717) is 31.5 Å². The molecule has 2 atom stereocenters. The number of carboxylic acids is 1. The van der Waals surface area contributed by atoms with E-state index in [2.05, 4.69) is 37.9 Å². The van der Waals surface area contributed by atoms with Crippen LogP contribution in [0.4, 0.5) is 0 Å². The van der Waals surface area contributed by atoms with Crippen molar-refractivity contribution in [3.8, 4) is 0 Å². The van der Waals surface area contributed by atoms with Crippen molar-refractivity contribution in [3.05, 3.63) is 12.2 Å². The second kappa shape index (κ2) is 8.17. The minimum Gasteiger partial charge on any atom is -0.481 e. The molecular formula is C16H28N2O3. The van der Waals surface area contributed by atoms with E-state index in [1.54, 1.807) is 0 Å². The van der Waals surface area contributed by atoms with Gasteiger partial charge in [-0.05, 0) is 40.5 Å². The lowest BCUT2D eigenvalue weighted by Gasteiger charge is -2.31. The average molecular weight is 296 g/mol. The van der Waals surface area contributed by atoms with Gasteiger partial charge in [0.1, 0.15) is 0 Å². The van der Waals surface area contributed by atoms with Crippen LogP contribution in [0.25, 0.3) is 0 Å². The van der Waals surface area contributed by atoms with Gasteiger partial charge in [0.05, 0.1) is 11.8 Å². The maximum absolute atomic E-state index is 12.2. The zero-order valence-electron chi connectivity index (χ0n) is 13.5. The summed E-state index contributed by atoms with van der Waals surface area (Å²) in [7, 11) is 0. The molecule has 1 amide bonds. The second-order valence-electron chi connectivity index (χ2n) is 6.21. The van der Waals surface area contributed by atoms with Crippen LogP contribution in [0.5, 0.6) is 0 Å². The van der Waals surface area contributed by atoms with E-state index in [1.165, 1.54) is 0 Å². The van der Waals surface area contributed by atoms with Gasteiger partial charge >= 0.3 is 5.97 Å². The summed E-state index contributed by atoms with van der Waals surface area (Å²) in [4.78, 5) is 25.7. The highest BCUT2D eigenvalue weighted by molar-refractivity contribution is 5.85. The summed E-state index contributed by atoms with van der Waals surface area (Å²) in [6.07, 6.45) is 4.71. The molecule has 1 aliphatic carbocycles. The number of rotatable bonds is 7. The first-order valence-electron chi connectivity index (χ1n) is 7.75. The predicted octanol–water partition coefficient (Wildman–Crippen LogP) is 1.89. The molecule has 0 heterocycles. The van der Waals surface area contributed by atoms with Crippen LogP contribution in [-0.4, -0.2) is 47.1 Å². The Kier molecular flexibility index (Phi) is 6.89. The van der Waals surface area contributed by atoms with Gasteiger partial charge in [-0.3, -0.25) is 14.5 Å². The van der Waals surface area contributed by atoms with Crippen molar-refractivity contribution >= 4 is 11.9 Å². The molecule has 0 aromatic rings. The van der Waals surface area contributed by atoms with E-state index in [0.717, 1.165) is 6.54 Å². The van der Waals surface area contributed by atoms with Crippen LogP contribution in [0.3, 0.4) is 0 Å². The number of carboxylic acid groups (broad SMARTS) is 1. The fourth-order valence-electron chi connectivity index (χ4n) is 2.93. The van der Waals surface area contributed by atoms with E-state index in [1.807, 2.05) is 12.2 Å². The molecule has 0 bridgehead atoms. The number of aliphatic carboxylic acids is 1. The maximum atomic E-state index is 12.2. The van der Waals surface area contributed by atoms with E-state index < -0.39 is 17.8 Å². The Hall–Kier alpha value is -1.36. The molecule has 0 saturated carbocycles. The Balaban J connectivity index is 2.49. The first-order valence-corrected chi connectivity index (χ1v) is 7.75. The molecule has 0 saturated heterocycles. The van der Waals surface area contributed by atoms with Gasteiger partial charge in [0, 0.05) is 25.2 Å². The highest BCUT2D eigenvalue weighted by Crippen LogP contribution is 2.25. The van der Waals surface area contributed by atoms with E-state index in [9.17, 15) is 14.7 Å². The van der Waals surface area contributed by atoms with E-state index >= 15 is 0 Å². The number of nitrogens with one attached hydrogen (secondary N) is 1. The topological polar surface area (TPSA) is 69.6 Å². The molecule has 5 heteroatoms. The Morgan fingerprint density at radius 3 is 2.14 bits per heavy atom. The van der Waals surface area contributed by atoms with Gasteiger partial charge < -0.3 is 10.4 Å². The summed E-state index contributed by atoms with van der Waals surface area (Å²) in [5, 5.41) is 12.1. The summed E-state index contributed by atoms with van der Waals surface area (Å²) < 4.78 is 0. The summed E-state index contributed by atoms with van der Waals surface area (Å²) in [5.41, 5.74) is 0. The van der Waals surface area contributed by atoms with Crippen LogP contribution in [0.1, 0.15) is 40.5 Å². The van der Waals surface area contributed by atoms with Gasteiger partial charge in [-0.15, -0.1) is 0 Å². The van der Waals surface area contributed by atoms with Gasteiger partial charge in [0.2, 0.25) is 5.91 Å². The number of carbonyl (C=O) groups excluding carboxylic acids is 1. The summed E-state index contributed by atoms with van der Waals surface area (Å²) in [6.45, 7) is 9.87. The summed E-state index contributed by atoms with van der Waals surface area (Å²) in [5.74, 6) is -2.06. The third-order valence-corrected chi connectivity index (χ3v) is 4.08. The SMILES string of the molecule is CC(C)N(CCNC(=O)[C@@H]1CC=CC[C@@H]1C(=O)O)C(C)C. The average Bonchev–Trinajstić information content (AvgIpc) is 2.42. The lowest BCUT2D eigenvalue weighted by atomic mass is 9.82. The molecule has 1 aliphatic rings. The fourth-order valence-corrected chi connectivity index (χ4v) is 2.93. The smallest absolute Gasteiger partial charge is 0.307 e. The summed E-state index contributed by atoms with van der Waals surface area (Å²) in [6, 6.07) is 0.845. The van der Waals surface area contributed by atoms with Gasteiger partial charge in [-0.2, -0.15) is 0 Å².